The average Bonchev–Trinajstić information content (AvgIpc) is 2.96. The van der Waals surface area contributed by atoms with Crippen LogP contribution < -0.4 is 0 Å². The van der Waals surface area contributed by atoms with Crippen molar-refractivity contribution in [1.82, 2.24) is 14.8 Å². The molecule has 1 saturated heterocycles. The van der Waals surface area contributed by atoms with Crippen molar-refractivity contribution >= 4 is 5.97 Å². The van der Waals surface area contributed by atoms with Gasteiger partial charge in [0.15, 0.2) is 0 Å². The van der Waals surface area contributed by atoms with E-state index in [2.05, 4.69) is 14.8 Å². The van der Waals surface area contributed by atoms with Crippen molar-refractivity contribution in [2.75, 3.05) is 32.7 Å². The molecule has 1 aromatic rings. The second-order valence-corrected chi connectivity index (χ2v) is 5.33. The summed E-state index contributed by atoms with van der Waals surface area (Å²) in [4.78, 5) is 19.6. The zero-order chi connectivity index (χ0) is 14.2. The van der Waals surface area contributed by atoms with E-state index in [4.69, 9.17) is 5.11 Å². The largest absolute Gasteiger partial charge is 0.481 e. The molecule has 0 atom stereocenters. The molecule has 1 fully saturated rings. The Morgan fingerprint density at radius 3 is 2.80 bits per heavy atom. The Labute approximate surface area is 120 Å². The summed E-state index contributed by atoms with van der Waals surface area (Å²) in [6, 6.07) is 3.96. The van der Waals surface area contributed by atoms with Crippen molar-refractivity contribution in [1.29, 1.82) is 0 Å². The van der Waals surface area contributed by atoms with Gasteiger partial charge in [0.25, 0.3) is 0 Å². The molecule has 20 heavy (non-hydrogen) atoms. The van der Waals surface area contributed by atoms with Crippen LogP contribution in [-0.4, -0.2) is 58.6 Å². The average molecular weight is 277 g/mol. The van der Waals surface area contributed by atoms with Gasteiger partial charge in [-0.3, -0.25) is 14.7 Å². The van der Waals surface area contributed by atoms with Crippen LogP contribution in [0.5, 0.6) is 0 Å². The molecule has 0 spiro atoms. The van der Waals surface area contributed by atoms with Gasteiger partial charge < -0.3 is 10.0 Å². The minimum atomic E-state index is -0.734. The monoisotopic (exact) mass is 277 g/mol. The molecule has 1 aromatic heterocycles. The number of carboxylic acids is 1. The topological polar surface area (TPSA) is 56.7 Å². The van der Waals surface area contributed by atoms with Crippen molar-refractivity contribution < 1.29 is 9.90 Å². The van der Waals surface area contributed by atoms with Crippen molar-refractivity contribution in [3.8, 4) is 0 Å². The van der Waals surface area contributed by atoms with E-state index in [0.717, 1.165) is 25.2 Å². The molecule has 1 N–H and O–H groups in total. The van der Waals surface area contributed by atoms with Crippen LogP contribution in [0.1, 0.15) is 24.8 Å². The number of nitrogens with zero attached hydrogens (tertiary/aromatic N) is 3. The summed E-state index contributed by atoms with van der Waals surface area (Å²) in [6.07, 6.45) is 6.38. The van der Waals surface area contributed by atoms with E-state index in [1.165, 1.54) is 25.9 Å². The number of aliphatic carboxylic acids is 1. The van der Waals surface area contributed by atoms with Gasteiger partial charge >= 0.3 is 5.97 Å². The Kier molecular flexibility index (Phi) is 5.95. The fourth-order valence-corrected chi connectivity index (χ4v) is 2.56. The fourth-order valence-electron chi connectivity index (χ4n) is 2.56. The Hall–Kier alpha value is -1.46. The lowest BCUT2D eigenvalue weighted by Crippen LogP contribution is -2.34. The van der Waals surface area contributed by atoms with E-state index in [0.29, 0.717) is 6.54 Å². The Morgan fingerprint density at radius 2 is 2.15 bits per heavy atom. The van der Waals surface area contributed by atoms with E-state index in [9.17, 15) is 4.79 Å². The number of aromatic nitrogens is 1. The molecule has 5 nitrogen and oxygen atoms in total. The first-order chi connectivity index (χ1) is 9.74. The lowest BCUT2D eigenvalue weighted by Gasteiger charge is -2.24. The maximum Gasteiger partial charge on any atom is 0.304 e. The SMILES string of the molecule is O=C(O)CCN(CCN1CCCC1)Cc1cccnc1. The number of hydrogen-bond donors (Lipinski definition) is 1. The summed E-state index contributed by atoms with van der Waals surface area (Å²) in [7, 11) is 0. The van der Waals surface area contributed by atoms with Gasteiger partial charge in [-0.25, -0.2) is 0 Å². The van der Waals surface area contributed by atoms with Gasteiger partial charge in [0.1, 0.15) is 0 Å². The second kappa shape index (κ2) is 7.97. The number of likely N-dealkylation sites (tertiary alicyclic amines) is 1. The number of rotatable bonds is 8. The molecule has 0 aliphatic carbocycles. The van der Waals surface area contributed by atoms with Crippen molar-refractivity contribution in [3.63, 3.8) is 0 Å². The molecule has 0 aromatic carbocycles. The highest BCUT2D eigenvalue weighted by molar-refractivity contribution is 5.66. The van der Waals surface area contributed by atoms with Gasteiger partial charge in [0.05, 0.1) is 6.42 Å². The molecule has 110 valence electrons. The maximum atomic E-state index is 10.8. The van der Waals surface area contributed by atoms with E-state index < -0.39 is 5.97 Å². The van der Waals surface area contributed by atoms with Crippen LogP contribution in [0.3, 0.4) is 0 Å². The van der Waals surface area contributed by atoms with E-state index in [1.807, 2.05) is 18.3 Å². The van der Waals surface area contributed by atoms with Crippen LogP contribution in [0.4, 0.5) is 0 Å². The van der Waals surface area contributed by atoms with Crippen LogP contribution in [0.2, 0.25) is 0 Å². The van der Waals surface area contributed by atoms with E-state index >= 15 is 0 Å². The molecular formula is C15H23N3O2. The summed E-state index contributed by atoms with van der Waals surface area (Å²) in [5.74, 6) is -0.734. The van der Waals surface area contributed by atoms with Gasteiger partial charge in [-0.2, -0.15) is 0 Å². The molecule has 0 saturated carbocycles. The Bertz CT molecular complexity index is 405. The molecule has 1 aliphatic rings. The molecular weight excluding hydrogens is 254 g/mol. The molecule has 2 rings (SSSR count). The van der Waals surface area contributed by atoms with E-state index in [1.54, 1.807) is 6.20 Å². The first kappa shape index (κ1) is 14.9. The highest BCUT2D eigenvalue weighted by Gasteiger charge is 2.14. The smallest absolute Gasteiger partial charge is 0.304 e. The summed E-state index contributed by atoms with van der Waals surface area (Å²) in [6.45, 7) is 5.68. The Morgan fingerprint density at radius 1 is 1.35 bits per heavy atom. The predicted molar refractivity (Wildman–Crippen MR) is 77.4 cm³/mol. The summed E-state index contributed by atoms with van der Waals surface area (Å²) in [5.41, 5.74) is 1.14. The quantitative estimate of drug-likeness (QED) is 0.779. The van der Waals surface area contributed by atoms with Gasteiger partial charge in [0, 0.05) is 38.6 Å². The summed E-state index contributed by atoms with van der Waals surface area (Å²) < 4.78 is 0. The van der Waals surface area contributed by atoms with Crippen molar-refractivity contribution in [2.24, 2.45) is 0 Å². The molecule has 0 unspecified atom stereocenters. The lowest BCUT2D eigenvalue weighted by molar-refractivity contribution is -0.137. The molecule has 5 heteroatoms. The van der Waals surface area contributed by atoms with E-state index in [-0.39, 0.29) is 6.42 Å². The summed E-state index contributed by atoms with van der Waals surface area (Å²) >= 11 is 0. The zero-order valence-electron chi connectivity index (χ0n) is 11.9. The third-order valence-electron chi connectivity index (χ3n) is 3.70. The lowest BCUT2D eigenvalue weighted by atomic mass is 10.2. The van der Waals surface area contributed by atoms with Crippen LogP contribution in [0.15, 0.2) is 24.5 Å². The van der Waals surface area contributed by atoms with Crippen molar-refractivity contribution in [2.45, 2.75) is 25.8 Å². The minimum Gasteiger partial charge on any atom is -0.481 e. The highest BCUT2D eigenvalue weighted by atomic mass is 16.4. The highest BCUT2D eigenvalue weighted by Crippen LogP contribution is 2.09. The number of carboxylic acid groups (broad SMARTS) is 1. The molecule has 0 amide bonds. The first-order valence-electron chi connectivity index (χ1n) is 7.29. The predicted octanol–water partition coefficient (Wildman–Crippen LogP) is 1.45. The van der Waals surface area contributed by atoms with Crippen molar-refractivity contribution in [3.05, 3.63) is 30.1 Å². The second-order valence-electron chi connectivity index (χ2n) is 5.33. The van der Waals surface area contributed by atoms with Gasteiger partial charge in [0.2, 0.25) is 0 Å². The van der Waals surface area contributed by atoms with Gasteiger partial charge in [-0.05, 0) is 37.6 Å². The third-order valence-corrected chi connectivity index (χ3v) is 3.70. The normalized spacial score (nSPS) is 15.8. The molecule has 1 aliphatic heterocycles. The molecule has 0 bridgehead atoms. The molecule has 2 heterocycles. The fraction of sp³-hybridized carbons (Fsp3) is 0.600. The summed E-state index contributed by atoms with van der Waals surface area (Å²) in [5, 5.41) is 8.86. The van der Waals surface area contributed by atoms with Crippen LogP contribution in [0, 0.1) is 0 Å². The maximum absolute atomic E-state index is 10.8. The Balaban J connectivity index is 1.84. The van der Waals surface area contributed by atoms with Gasteiger partial charge in [-0.15, -0.1) is 0 Å². The minimum absolute atomic E-state index is 0.195. The number of hydrogen-bond acceptors (Lipinski definition) is 4. The van der Waals surface area contributed by atoms with Gasteiger partial charge in [-0.1, -0.05) is 6.07 Å². The van der Waals surface area contributed by atoms with Crippen LogP contribution >= 0.6 is 0 Å². The zero-order valence-corrected chi connectivity index (χ0v) is 11.9. The standard InChI is InChI=1S/C15H23N3O2/c19-15(20)5-9-18(11-10-17-7-1-2-8-17)13-14-4-3-6-16-12-14/h3-4,6,12H,1-2,5,7-11,13H2,(H,19,20). The van der Waals surface area contributed by atoms with Crippen LogP contribution in [0.25, 0.3) is 0 Å². The number of pyridine rings is 1. The first-order valence-corrected chi connectivity index (χ1v) is 7.29. The number of carbonyl (C=O) groups is 1. The third kappa shape index (κ3) is 5.27. The van der Waals surface area contributed by atoms with Crippen LogP contribution in [-0.2, 0) is 11.3 Å². The molecule has 0 radical (unpaired) electrons.